The van der Waals surface area contributed by atoms with Crippen molar-refractivity contribution in [2.24, 2.45) is 5.92 Å². The maximum absolute atomic E-state index is 12.1. The van der Waals surface area contributed by atoms with Gasteiger partial charge in [0.1, 0.15) is 23.9 Å². The maximum Gasteiger partial charge on any atom is 0.326 e. The first-order chi connectivity index (χ1) is 15.2. The first-order valence-corrected chi connectivity index (χ1v) is 10.3. The molecule has 13 nitrogen and oxygen atoms in total. The van der Waals surface area contributed by atoms with Crippen LogP contribution in [0.5, 0.6) is 0 Å². The van der Waals surface area contributed by atoms with E-state index in [1.807, 2.05) is 0 Å². The van der Waals surface area contributed by atoms with Crippen LogP contribution in [0.4, 0.5) is 0 Å². The highest BCUT2D eigenvalue weighted by molar-refractivity contribution is 5.87. The van der Waals surface area contributed by atoms with Gasteiger partial charge in [-0.05, 0) is 19.3 Å². The third-order valence-electron chi connectivity index (χ3n) is 4.59. The molecule has 0 spiro atoms. The molecule has 0 radical (unpaired) electrons. The van der Waals surface area contributed by atoms with Gasteiger partial charge in [-0.3, -0.25) is 19.2 Å². The molecule has 0 saturated carbocycles. The van der Waals surface area contributed by atoms with Crippen LogP contribution in [0.2, 0.25) is 0 Å². The number of carboxylic acids is 3. The van der Waals surface area contributed by atoms with E-state index in [-0.39, 0.29) is 37.4 Å². The SMILES string of the molecule is CC(=O)N[C@@H](CCC(=O)N[C@@H](CCC(=O)N[C@@H](CCC(=O)C(C)C)C(=O)O)C(=O)O)C(=O)O. The summed E-state index contributed by atoms with van der Waals surface area (Å²) in [6.45, 7) is 4.44. The summed E-state index contributed by atoms with van der Waals surface area (Å²) in [4.78, 5) is 80.5. The minimum absolute atomic E-state index is 0.0431. The standard InChI is InChI=1S/C20H31N3O10/c1-10(2)15(25)7-4-13(19(30)31)22-17(27)9-6-14(20(32)33)23-16(26)8-5-12(18(28)29)21-11(3)24/h10,12-14H,4-9H2,1-3H3,(H,21,24)(H,22,27)(H,23,26)(H,28,29)(H,30,31)(H,32,33)/t12-,13-,14-/m0/s1. The Hall–Kier alpha value is -3.51. The van der Waals surface area contributed by atoms with Crippen molar-refractivity contribution in [1.82, 2.24) is 16.0 Å². The van der Waals surface area contributed by atoms with Gasteiger partial charge in [-0.2, -0.15) is 0 Å². The third kappa shape index (κ3) is 12.8. The number of amides is 3. The third-order valence-corrected chi connectivity index (χ3v) is 4.59. The molecule has 13 heteroatoms. The monoisotopic (exact) mass is 473 g/mol. The van der Waals surface area contributed by atoms with E-state index in [0.717, 1.165) is 6.92 Å². The van der Waals surface area contributed by atoms with E-state index >= 15 is 0 Å². The van der Waals surface area contributed by atoms with Crippen LogP contribution in [-0.4, -0.2) is 74.9 Å². The highest BCUT2D eigenvalue weighted by Crippen LogP contribution is 2.07. The highest BCUT2D eigenvalue weighted by Gasteiger charge is 2.26. The summed E-state index contributed by atoms with van der Waals surface area (Å²) in [5.74, 6) is -6.74. The largest absolute Gasteiger partial charge is 0.480 e. The topological polar surface area (TPSA) is 216 Å². The van der Waals surface area contributed by atoms with Gasteiger partial charge < -0.3 is 31.3 Å². The zero-order valence-electron chi connectivity index (χ0n) is 18.8. The molecule has 0 bridgehead atoms. The molecular weight excluding hydrogens is 442 g/mol. The number of ketones is 1. The fourth-order valence-electron chi connectivity index (χ4n) is 2.68. The van der Waals surface area contributed by atoms with Gasteiger partial charge in [0.25, 0.3) is 0 Å². The number of rotatable bonds is 16. The summed E-state index contributed by atoms with van der Waals surface area (Å²) in [6.07, 6.45) is -1.59. The predicted octanol–water partition coefficient (Wildman–Crippen LogP) is -0.720. The summed E-state index contributed by atoms with van der Waals surface area (Å²) in [6, 6.07) is -4.12. The van der Waals surface area contributed by atoms with E-state index in [4.69, 9.17) is 5.11 Å². The second-order valence-corrected chi connectivity index (χ2v) is 7.75. The number of hydrogen-bond acceptors (Lipinski definition) is 7. The van der Waals surface area contributed by atoms with E-state index in [1.54, 1.807) is 13.8 Å². The molecule has 0 aliphatic rings. The highest BCUT2D eigenvalue weighted by atomic mass is 16.4. The fourth-order valence-corrected chi connectivity index (χ4v) is 2.68. The Morgan fingerprint density at radius 2 is 0.939 bits per heavy atom. The quantitative estimate of drug-likeness (QED) is 0.165. The number of Topliss-reactive ketones (excluding diaryl/α,β-unsaturated/α-hetero) is 1. The lowest BCUT2D eigenvalue weighted by Gasteiger charge is -2.18. The van der Waals surface area contributed by atoms with Crippen LogP contribution in [0.15, 0.2) is 0 Å². The van der Waals surface area contributed by atoms with E-state index < -0.39 is 66.6 Å². The van der Waals surface area contributed by atoms with Crippen molar-refractivity contribution >= 4 is 41.4 Å². The van der Waals surface area contributed by atoms with Crippen LogP contribution in [-0.2, 0) is 33.6 Å². The number of carboxylic acid groups (broad SMARTS) is 3. The van der Waals surface area contributed by atoms with Gasteiger partial charge >= 0.3 is 17.9 Å². The average Bonchev–Trinajstić information content (AvgIpc) is 2.69. The molecule has 0 unspecified atom stereocenters. The number of aliphatic carboxylic acids is 3. The van der Waals surface area contributed by atoms with Gasteiger partial charge in [-0.1, -0.05) is 13.8 Å². The predicted molar refractivity (Wildman–Crippen MR) is 112 cm³/mol. The van der Waals surface area contributed by atoms with Crippen LogP contribution < -0.4 is 16.0 Å². The summed E-state index contributed by atoms with van der Waals surface area (Å²) in [5.41, 5.74) is 0. The van der Waals surface area contributed by atoms with E-state index in [9.17, 15) is 43.8 Å². The molecule has 186 valence electrons. The molecule has 3 atom stereocenters. The number of nitrogens with one attached hydrogen (secondary N) is 3. The summed E-state index contributed by atoms with van der Waals surface area (Å²) < 4.78 is 0. The van der Waals surface area contributed by atoms with E-state index in [0.29, 0.717) is 0 Å². The first kappa shape index (κ1) is 29.5. The van der Waals surface area contributed by atoms with Crippen LogP contribution >= 0.6 is 0 Å². The molecule has 6 N–H and O–H groups in total. The van der Waals surface area contributed by atoms with Crippen molar-refractivity contribution in [3.63, 3.8) is 0 Å². The van der Waals surface area contributed by atoms with Crippen LogP contribution in [0.1, 0.15) is 59.3 Å². The number of hydrogen-bond donors (Lipinski definition) is 6. The molecule has 0 rings (SSSR count). The zero-order chi connectivity index (χ0) is 25.7. The molecule has 0 heterocycles. The van der Waals surface area contributed by atoms with Crippen molar-refractivity contribution in [1.29, 1.82) is 0 Å². The Bertz CT molecular complexity index is 765. The molecule has 0 saturated heterocycles. The molecular formula is C20H31N3O10. The summed E-state index contributed by atoms with van der Waals surface area (Å²) in [7, 11) is 0. The van der Waals surface area contributed by atoms with Crippen LogP contribution in [0.25, 0.3) is 0 Å². The second kappa shape index (κ2) is 14.5. The summed E-state index contributed by atoms with van der Waals surface area (Å²) in [5, 5.41) is 34.0. The minimum Gasteiger partial charge on any atom is -0.480 e. The Kier molecular flexibility index (Phi) is 13.0. The van der Waals surface area contributed by atoms with Crippen molar-refractivity contribution in [2.45, 2.75) is 77.4 Å². The van der Waals surface area contributed by atoms with Crippen molar-refractivity contribution in [2.75, 3.05) is 0 Å². The Labute approximate surface area is 190 Å². The second-order valence-electron chi connectivity index (χ2n) is 7.75. The van der Waals surface area contributed by atoms with Gasteiger partial charge in [0, 0.05) is 32.1 Å². The fraction of sp³-hybridized carbons (Fsp3) is 0.650. The molecule has 33 heavy (non-hydrogen) atoms. The van der Waals surface area contributed by atoms with E-state index in [2.05, 4.69) is 16.0 Å². The number of carbonyl (C=O) groups is 7. The Morgan fingerprint density at radius 1 is 0.606 bits per heavy atom. The minimum atomic E-state index is -1.47. The summed E-state index contributed by atoms with van der Waals surface area (Å²) >= 11 is 0. The van der Waals surface area contributed by atoms with Crippen LogP contribution in [0.3, 0.4) is 0 Å². The van der Waals surface area contributed by atoms with Gasteiger partial charge in [-0.25, -0.2) is 14.4 Å². The first-order valence-electron chi connectivity index (χ1n) is 10.3. The van der Waals surface area contributed by atoms with Gasteiger partial charge in [0.05, 0.1) is 0 Å². The molecule has 0 aromatic heterocycles. The molecule has 3 amide bonds. The molecule has 0 aromatic rings. The van der Waals surface area contributed by atoms with Gasteiger partial charge in [-0.15, -0.1) is 0 Å². The van der Waals surface area contributed by atoms with Gasteiger partial charge in [0.2, 0.25) is 17.7 Å². The molecule has 0 fully saturated rings. The lowest BCUT2D eigenvalue weighted by molar-refractivity contribution is -0.144. The zero-order valence-corrected chi connectivity index (χ0v) is 18.8. The Balaban J connectivity index is 4.74. The Morgan fingerprint density at radius 3 is 1.24 bits per heavy atom. The van der Waals surface area contributed by atoms with Gasteiger partial charge in [0.15, 0.2) is 0 Å². The molecule has 0 aliphatic carbocycles. The molecule has 0 aliphatic heterocycles. The van der Waals surface area contributed by atoms with Crippen molar-refractivity contribution in [3.8, 4) is 0 Å². The average molecular weight is 473 g/mol. The smallest absolute Gasteiger partial charge is 0.326 e. The van der Waals surface area contributed by atoms with E-state index in [1.165, 1.54) is 0 Å². The van der Waals surface area contributed by atoms with Crippen LogP contribution in [0, 0.1) is 5.92 Å². The maximum atomic E-state index is 12.1. The normalized spacial score (nSPS) is 13.3. The number of carbonyl (C=O) groups excluding carboxylic acids is 4. The lowest BCUT2D eigenvalue weighted by atomic mass is 10.0. The molecule has 0 aromatic carbocycles. The lowest BCUT2D eigenvalue weighted by Crippen LogP contribution is -2.45. The van der Waals surface area contributed by atoms with Crippen molar-refractivity contribution < 1.29 is 48.9 Å². The van der Waals surface area contributed by atoms with Crippen molar-refractivity contribution in [3.05, 3.63) is 0 Å².